The summed E-state index contributed by atoms with van der Waals surface area (Å²) in [5, 5.41) is 0. The van der Waals surface area contributed by atoms with Crippen LogP contribution in [0.3, 0.4) is 0 Å². The molecule has 4 rings (SSSR count). The molecule has 0 saturated heterocycles. The molecule has 0 amide bonds. The van der Waals surface area contributed by atoms with E-state index in [1.165, 1.54) is 44.9 Å². The Kier molecular flexibility index (Phi) is 13.2. The summed E-state index contributed by atoms with van der Waals surface area (Å²) in [4.78, 5) is 0. The van der Waals surface area contributed by atoms with E-state index in [-0.39, 0.29) is 106 Å². The Balaban J connectivity index is 0.00000196. The van der Waals surface area contributed by atoms with Crippen LogP contribution in [0.15, 0.2) is 0 Å². The quantitative estimate of drug-likeness (QED) is 0.265. The molecule has 4 aliphatic carbocycles. The second kappa shape index (κ2) is 11.8. The third-order valence-electron chi connectivity index (χ3n) is 10.5. The SMILES string of the molecule is [CH2-]C1CCC2(C)C(C1)CC(C)C1C2CC(C)C2(C)C(C([CH2-])C)CCC12.[CH3-].[Y].[Y].[Y]. The Morgan fingerprint density at radius 3 is 2.10 bits per heavy atom. The molecule has 0 N–H and O–H groups in total. The minimum Gasteiger partial charge on any atom is -0.358 e. The van der Waals surface area contributed by atoms with Crippen LogP contribution < -0.4 is 0 Å². The molecule has 0 aromatic rings. The predicted molar refractivity (Wildman–Crippen MR) is 114 cm³/mol. The van der Waals surface area contributed by atoms with Crippen molar-refractivity contribution in [1.29, 1.82) is 0 Å². The zero-order valence-corrected chi connectivity index (χ0v) is 28.8. The molecule has 4 aliphatic rings. The van der Waals surface area contributed by atoms with E-state index in [1.54, 1.807) is 0 Å². The molecule has 4 saturated carbocycles. The van der Waals surface area contributed by atoms with Gasteiger partial charge in [0.2, 0.25) is 0 Å². The van der Waals surface area contributed by atoms with Crippen LogP contribution in [-0.2, 0) is 98.1 Å². The zero-order chi connectivity index (χ0) is 18.1. The van der Waals surface area contributed by atoms with E-state index in [4.69, 9.17) is 0 Å². The molecule has 11 unspecified atom stereocenters. The second-order valence-electron chi connectivity index (χ2n) is 11.5. The van der Waals surface area contributed by atoms with Gasteiger partial charge in [0.05, 0.1) is 0 Å². The summed E-state index contributed by atoms with van der Waals surface area (Å²) in [6.07, 6.45) is 10.1. The molecular formula is C26H45Y3-3. The molecule has 161 valence electrons. The molecule has 4 fully saturated rings. The van der Waals surface area contributed by atoms with Crippen molar-refractivity contribution < 1.29 is 98.1 Å². The van der Waals surface area contributed by atoms with E-state index in [2.05, 4.69) is 48.5 Å². The van der Waals surface area contributed by atoms with Crippen LogP contribution in [0.2, 0.25) is 0 Å². The van der Waals surface area contributed by atoms with Crippen molar-refractivity contribution >= 4 is 0 Å². The zero-order valence-electron chi connectivity index (χ0n) is 20.3. The third kappa shape index (κ3) is 5.14. The number of hydrogen-bond donors (Lipinski definition) is 0. The maximum Gasteiger partial charge on any atom is 0 e. The average molecular weight is 624 g/mol. The predicted octanol–water partition coefficient (Wildman–Crippen LogP) is 7.50. The molecule has 3 radical (unpaired) electrons. The van der Waals surface area contributed by atoms with E-state index in [0.29, 0.717) is 16.7 Å². The molecule has 0 aliphatic heterocycles. The summed E-state index contributed by atoms with van der Waals surface area (Å²) in [5.74, 6) is 7.82. The van der Waals surface area contributed by atoms with Crippen molar-refractivity contribution in [3.63, 3.8) is 0 Å². The Morgan fingerprint density at radius 1 is 0.897 bits per heavy atom. The largest absolute Gasteiger partial charge is 0.358 e. The van der Waals surface area contributed by atoms with Gasteiger partial charge in [-0.2, -0.15) is 11.8 Å². The topological polar surface area (TPSA) is 0 Å². The van der Waals surface area contributed by atoms with Gasteiger partial charge in [0, 0.05) is 98.1 Å². The first-order chi connectivity index (χ1) is 11.7. The van der Waals surface area contributed by atoms with Gasteiger partial charge in [-0.05, 0) is 72.0 Å². The molecule has 0 aromatic carbocycles. The summed E-state index contributed by atoms with van der Waals surface area (Å²) >= 11 is 0. The Hall–Kier alpha value is 3.31. The van der Waals surface area contributed by atoms with Gasteiger partial charge in [0.1, 0.15) is 0 Å². The summed E-state index contributed by atoms with van der Waals surface area (Å²) in [5.41, 5.74) is 1.15. The molecule has 0 bridgehead atoms. The Bertz CT molecular complexity index is 520. The molecule has 0 aromatic heterocycles. The van der Waals surface area contributed by atoms with Crippen LogP contribution in [0.4, 0.5) is 0 Å². The second-order valence-corrected chi connectivity index (χ2v) is 11.5. The van der Waals surface area contributed by atoms with Crippen molar-refractivity contribution in [2.24, 2.45) is 64.1 Å². The maximum atomic E-state index is 4.49. The van der Waals surface area contributed by atoms with Gasteiger partial charge in [-0.25, -0.2) is 0 Å². The van der Waals surface area contributed by atoms with Crippen LogP contribution in [0, 0.1) is 85.4 Å². The summed E-state index contributed by atoms with van der Waals surface area (Å²) in [6.45, 7) is 21.9. The van der Waals surface area contributed by atoms with Crippen LogP contribution in [0.5, 0.6) is 0 Å². The van der Waals surface area contributed by atoms with Gasteiger partial charge in [-0.1, -0.05) is 59.8 Å². The fourth-order valence-electron chi connectivity index (χ4n) is 9.03. The van der Waals surface area contributed by atoms with Crippen LogP contribution >= 0.6 is 0 Å². The van der Waals surface area contributed by atoms with Crippen molar-refractivity contribution in [3.8, 4) is 0 Å². The van der Waals surface area contributed by atoms with Crippen molar-refractivity contribution in [3.05, 3.63) is 21.3 Å². The van der Waals surface area contributed by atoms with Crippen LogP contribution in [0.25, 0.3) is 0 Å². The normalized spacial score (nSPS) is 51.4. The average Bonchev–Trinajstić information content (AvgIpc) is 2.89. The van der Waals surface area contributed by atoms with Crippen LogP contribution in [0.1, 0.15) is 79.6 Å². The molecule has 0 spiro atoms. The van der Waals surface area contributed by atoms with Crippen LogP contribution in [-0.4, -0.2) is 0 Å². The maximum absolute atomic E-state index is 4.49. The molecule has 0 nitrogen and oxygen atoms in total. The molecule has 0 heterocycles. The van der Waals surface area contributed by atoms with Gasteiger partial charge in [0.15, 0.2) is 0 Å². The minimum absolute atomic E-state index is 0. The van der Waals surface area contributed by atoms with Gasteiger partial charge in [-0.3, -0.25) is 0 Å². The third-order valence-corrected chi connectivity index (χ3v) is 10.5. The monoisotopic (exact) mass is 624 g/mol. The van der Waals surface area contributed by atoms with Gasteiger partial charge in [-0.15, -0.1) is 0 Å². The molecule has 29 heavy (non-hydrogen) atoms. The van der Waals surface area contributed by atoms with E-state index in [9.17, 15) is 0 Å². The van der Waals surface area contributed by atoms with E-state index < -0.39 is 0 Å². The fraction of sp³-hybridized carbons (Fsp3) is 0.885. The Morgan fingerprint density at radius 2 is 1.52 bits per heavy atom. The van der Waals surface area contributed by atoms with E-state index in [0.717, 1.165) is 47.3 Å². The molecule has 11 atom stereocenters. The van der Waals surface area contributed by atoms with Gasteiger partial charge < -0.3 is 21.3 Å². The molecular weight excluding hydrogens is 579 g/mol. The van der Waals surface area contributed by atoms with Gasteiger partial charge in [0.25, 0.3) is 0 Å². The summed E-state index contributed by atoms with van der Waals surface area (Å²) in [6, 6.07) is 0. The number of hydrogen-bond acceptors (Lipinski definition) is 0. The first-order valence-corrected chi connectivity index (χ1v) is 11.4. The minimum atomic E-state index is 0. The number of fused-ring (bicyclic) bond motifs is 5. The van der Waals surface area contributed by atoms with Crippen molar-refractivity contribution in [2.45, 2.75) is 79.6 Å². The fourth-order valence-corrected chi connectivity index (χ4v) is 9.03. The summed E-state index contributed by atoms with van der Waals surface area (Å²) in [7, 11) is 0. The Labute approximate surface area is 259 Å². The first kappa shape index (κ1) is 32.3. The standard InChI is InChI=1S/C25H42.CH3.3Y/c1-15(2)20-8-9-21-23-17(4)13-19-12-16(3)10-11-24(19,6)22(23)14-18(5)25(20,21)7;;;;/h15-23H,1,3,8-14H2,2,4-7H3;1H3;;;/q-2;-1;;;. The van der Waals surface area contributed by atoms with E-state index in [1.807, 2.05) is 0 Å². The smallest absolute Gasteiger partial charge is 0 e. The molecule has 3 heteroatoms. The summed E-state index contributed by atoms with van der Waals surface area (Å²) < 4.78 is 0. The van der Waals surface area contributed by atoms with Gasteiger partial charge >= 0.3 is 0 Å². The number of rotatable bonds is 1. The van der Waals surface area contributed by atoms with Crippen molar-refractivity contribution in [1.82, 2.24) is 0 Å². The first-order valence-electron chi connectivity index (χ1n) is 11.4. The van der Waals surface area contributed by atoms with E-state index >= 15 is 0 Å². The van der Waals surface area contributed by atoms with Crippen molar-refractivity contribution in [2.75, 3.05) is 0 Å².